The molecule has 0 saturated heterocycles. The van der Waals surface area contributed by atoms with Crippen molar-refractivity contribution in [2.75, 3.05) is 13.2 Å². The van der Waals surface area contributed by atoms with E-state index >= 15 is 0 Å². The third-order valence-electron chi connectivity index (χ3n) is 4.92. The van der Waals surface area contributed by atoms with Gasteiger partial charge >= 0.3 is 0 Å². The molecule has 1 heteroatoms. The summed E-state index contributed by atoms with van der Waals surface area (Å²) in [5.74, 6) is 0.812. The predicted molar refractivity (Wildman–Crippen MR) is 111 cm³/mol. The minimum absolute atomic E-state index is 0.812. The van der Waals surface area contributed by atoms with E-state index in [0.717, 1.165) is 19.1 Å². The Morgan fingerprint density at radius 2 is 1.16 bits per heavy atom. The Labute approximate surface area is 157 Å². The monoisotopic (exact) mass is 346 g/mol. The van der Waals surface area contributed by atoms with Crippen LogP contribution < -0.4 is 0 Å². The molecule has 0 aromatic heterocycles. The first-order valence-corrected chi connectivity index (χ1v) is 10.9. The Balaban J connectivity index is 1.71. The molecule has 0 N–H and O–H groups in total. The fourth-order valence-corrected chi connectivity index (χ4v) is 3.29. The van der Waals surface area contributed by atoms with E-state index in [9.17, 15) is 0 Å². The summed E-state index contributed by atoms with van der Waals surface area (Å²) < 4.78 is 5.70. The number of aryl methyl sites for hydroxylation is 1. The molecule has 1 aromatic rings. The molecule has 0 unspecified atom stereocenters. The lowest BCUT2D eigenvalue weighted by Gasteiger charge is -2.06. The number of rotatable bonds is 17. The van der Waals surface area contributed by atoms with Crippen molar-refractivity contribution < 1.29 is 4.74 Å². The van der Waals surface area contributed by atoms with Crippen molar-refractivity contribution in [3.8, 4) is 0 Å². The first kappa shape index (κ1) is 22.2. The second-order valence-electron chi connectivity index (χ2n) is 7.92. The van der Waals surface area contributed by atoms with Crippen LogP contribution >= 0.6 is 0 Å². The van der Waals surface area contributed by atoms with Crippen molar-refractivity contribution in [3.05, 3.63) is 35.9 Å². The van der Waals surface area contributed by atoms with Crippen LogP contribution in [0.25, 0.3) is 0 Å². The van der Waals surface area contributed by atoms with E-state index < -0.39 is 0 Å². The number of unbranched alkanes of at least 4 members (excludes halogenated alkanes) is 9. The van der Waals surface area contributed by atoms with Crippen LogP contribution in [0.15, 0.2) is 30.3 Å². The number of hydrogen-bond acceptors (Lipinski definition) is 1. The third kappa shape index (κ3) is 15.2. The number of ether oxygens (including phenoxy) is 1. The molecule has 1 nitrogen and oxygen atoms in total. The average molecular weight is 347 g/mol. The Kier molecular flexibility index (Phi) is 14.8. The standard InChI is InChI=1S/C24H42O/c1-23(2)17-16-22-25-21-15-10-8-6-4-3-5-7-9-12-18-24-19-13-11-14-20-24/h11,13-14,19-20,23H,3-10,12,15-18,21-22H2,1-2H3. The zero-order valence-electron chi connectivity index (χ0n) is 17.0. The average Bonchev–Trinajstić information content (AvgIpc) is 2.62. The van der Waals surface area contributed by atoms with E-state index in [1.165, 1.54) is 89.0 Å². The van der Waals surface area contributed by atoms with Gasteiger partial charge in [0.1, 0.15) is 0 Å². The fourth-order valence-electron chi connectivity index (χ4n) is 3.29. The summed E-state index contributed by atoms with van der Waals surface area (Å²) in [7, 11) is 0. The normalized spacial score (nSPS) is 11.3. The second-order valence-corrected chi connectivity index (χ2v) is 7.92. The number of benzene rings is 1. The summed E-state index contributed by atoms with van der Waals surface area (Å²) in [6, 6.07) is 10.9. The van der Waals surface area contributed by atoms with Crippen LogP contribution in [0.1, 0.15) is 96.5 Å². The fraction of sp³-hybridized carbons (Fsp3) is 0.750. The maximum Gasteiger partial charge on any atom is 0.0466 e. The highest BCUT2D eigenvalue weighted by Gasteiger charge is 1.96. The number of hydrogen-bond donors (Lipinski definition) is 0. The van der Waals surface area contributed by atoms with Crippen molar-refractivity contribution in [1.82, 2.24) is 0 Å². The van der Waals surface area contributed by atoms with Gasteiger partial charge in [-0.1, -0.05) is 95.5 Å². The van der Waals surface area contributed by atoms with E-state index in [1.54, 1.807) is 0 Å². The summed E-state index contributed by atoms with van der Waals surface area (Å²) >= 11 is 0. The molecule has 1 rings (SSSR count). The first-order valence-electron chi connectivity index (χ1n) is 10.9. The summed E-state index contributed by atoms with van der Waals surface area (Å²) in [5.41, 5.74) is 1.49. The van der Waals surface area contributed by atoms with Gasteiger partial charge < -0.3 is 4.74 Å². The van der Waals surface area contributed by atoms with Crippen LogP contribution in [0, 0.1) is 5.92 Å². The van der Waals surface area contributed by atoms with Crippen LogP contribution in [-0.2, 0) is 11.2 Å². The molecule has 0 spiro atoms. The molecule has 1 aromatic carbocycles. The zero-order chi connectivity index (χ0) is 18.0. The van der Waals surface area contributed by atoms with Gasteiger partial charge in [-0.05, 0) is 43.6 Å². The molecule has 0 atom stereocenters. The van der Waals surface area contributed by atoms with E-state index in [-0.39, 0.29) is 0 Å². The van der Waals surface area contributed by atoms with Crippen LogP contribution in [0.4, 0.5) is 0 Å². The molecule has 25 heavy (non-hydrogen) atoms. The van der Waals surface area contributed by atoms with Crippen molar-refractivity contribution in [3.63, 3.8) is 0 Å². The maximum atomic E-state index is 5.70. The molecular weight excluding hydrogens is 304 g/mol. The quantitative estimate of drug-likeness (QED) is 0.264. The molecule has 0 amide bonds. The minimum atomic E-state index is 0.812. The summed E-state index contributed by atoms with van der Waals surface area (Å²) in [5, 5.41) is 0. The van der Waals surface area contributed by atoms with Crippen molar-refractivity contribution in [2.24, 2.45) is 5.92 Å². The molecule has 0 fully saturated rings. The van der Waals surface area contributed by atoms with Gasteiger partial charge in [-0.15, -0.1) is 0 Å². The summed E-state index contributed by atoms with van der Waals surface area (Å²) in [6.45, 7) is 6.50. The van der Waals surface area contributed by atoms with Crippen LogP contribution in [-0.4, -0.2) is 13.2 Å². The Morgan fingerprint density at radius 3 is 1.76 bits per heavy atom. The van der Waals surface area contributed by atoms with Crippen LogP contribution in [0.5, 0.6) is 0 Å². The van der Waals surface area contributed by atoms with Gasteiger partial charge in [0.25, 0.3) is 0 Å². The van der Waals surface area contributed by atoms with Crippen molar-refractivity contribution >= 4 is 0 Å². The molecule has 0 bridgehead atoms. The van der Waals surface area contributed by atoms with E-state index in [0.29, 0.717) is 0 Å². The Hall–Kier alpha value is -0.820. The van der Waals surface area contributed by atoms with Gasteiger partial charge in [0.05, 0.1) is 0 Å². The second kappa shape index (κ2) is 16.6. The van der Waals surface area contributed by atoms with Gasteiger partial charge in [0, 0.05) is 13.2 Å². The van der Waals surface area contributed by atoms with E-state index in [1.807, 2.05) is 0 Å². The largest absolute Gasteiger partial charge is 0.381 e. The Bertz CT molecular complexity index is 371. The molecule has 0 aliphatic heterocycles. The Morgan fingerprint density at radius 1 is 0.640 bits per heavy atom. The smallest absolute Gasteiger partial charge is 0.0466 e. The van der Waals surface area contributed by atoms with Crippen LogP contribution in [0.2, 0.25) is 0 Å². The van der Waals surface area contributed by atoms with Crippen LogP contribution in [0.3, 0.4) is 0 Å². The van der Waals surface area contributed by atoms with E-state index in [4.69, 9.17) is 4.74 Å². The minimum Gasteiger partial charge on any atom is -0.381 e. The van der Waals surface area contributed by atoms with Gasteiger partial charge in [-0.2, -0.15) is 0 Å². The van der Waals surface area contributed by atoms with E-state index in [2.05, 4.69) is 44.2 Å². The topological polar surface area (TPSA) is 9.23 Å². The lowest BCUT2D eigenvalue weighted by atomic mass is 10.0. The predicted octanol–water partition coefficient (Wildman–Crippen LogP) is 7.58. The summed E-state index contributed by atoms with van der Waals surface area (Å²) in [4.78, 5) is 0. The first-order chi connectivity index (χ1) is 12.3. The molecule has 0 aliphatic carbocycles. The molecule has 0 heterocycles. The molecule has 144 valence electrons. The van der Waals surface area contributed by atoms with Gasteiger partial charge in [0.15, 0.2) is 0 Å². The maximum absolute atomic E-state index is 5.70. The zero-order valence-corrected chi connectivity index (χ0v) is 17.0. The van der Waals surface area contributed by atoms with Crippen molar-refractivity contribution in [2.45, 2.75) is 97.3 Å². The lowest BCUT2D eigenvalue weighted by molar-refractivity contribution is 0.124. The van der Waals surface area contributed by atoms with Gasteiger partial charge in [0.2, 0.25) is 0 Å². The molecular formula is C24H42O. The molecule has 0 radical (unpaired) electrons. The van der Waals surface area contributed by atoms with Crippen molar-refractivity contribution in [1.29, 1.82) is 0 Å². The SMILES string of the molecule is CC(C)CCCOCCCCCCCCCCCCc1ccccc1. The van der Waals surface area contributed by atoms with Gasteiger partial charge in [-0.25, -0.2) is 0 Å². The highest BCUT2D eigenvalue weighted by atomic mass is 16.5. The van der Waals surface area contributed by atoms with Gasteiger partial charge in [-0.3, -0.25) is 0 Å². The third-order valence-corrected chi connectivity index (χ3v) is 4.92. The lowest BCUT2D eigenvalue weighted by Crippen LogP contribution is -1.99. The highest BCUT2D eigenvalue weighted by molar-refractivity contribution is 5.14. The molecule has 0 aliphatic rings. The molecule has 0 saturated carbocycles. The summed E-state index contributed by atoms with van der Waals surface area (Å²) in [6.07, 6.45) is 17.6. The highest BCUT2D eigenvalue weighted by Crippen LogP contribution is 2.12.